The Bertz CT molecular complexity index is 1110. The van der Waals surface area contributed by atoms with E-state index in [0.717, 1.165) is 0 Å². The number of carbonyl (C=O) groups is 1. The number of ether oxygens (including phenoxy) is 1. The second-order valence-electron chi connectivity index (χ2n) is 11.1. The minimum atomic E-state index is -4.97. The first-order chi connectivity index (χ1) is 17.8. The molecule has 1 N–H and O–H groups in total. The maximum atomic E-state index is 13.7. The molecule has 0 bridgehead atoms. The van der Waals surface area contributed by atoms with Gasteiger partial charge in [-0.2, -0.15) is 26.3 Å². The molecule has 2 aromatic carbocycles. The fourth-order valence-electron chi connectivity index (χ4n) is 5.07. The Balaban J connectivity index is 1.90. The number of hydrogen-bond donors (Lipinski definition) is 1. The highest BCUT2D eigenvalue weighted by Crippen LogP contribution is 2.43. The Kier molecular flexibility index (Phi) is 9.06. The lowest BCUT2D eigenvalue weighted by Gasteiger charge is -2.33. The Hall–Kier alpha value is -2.66. The third kappa shape index (κ3) is 8.17. The molecule has 2 aromatic rings. The molecule has 11 heteroatoms. The summed E-state index contributed by atoms with van der Waals surface area (Å²) < 4.78 is 100. The minimum Gasteiger partial charge on any atom is -0.370 e. The van der Waals surface area contributed by atoms with Gasteiger partial charge in [-0.3, -0.25) is 9.69 Å². The van der Waals surface area contributed by atoms with Crippen molar-refractivity contribution in [1.82, 2.24) is 10.2 Å². The van der Waals surface area contributed by atoms with E-state index in [-0.39, 0.29) is 30.1 Å². The van der Waals surface area contributed by atoms with Crippen molar-refractivity contribution in [1.29, 1.82) is 0 Å². The number of amides is 1. The number of rotatable bonds is 7. The van der Waals surface area contributed by atoms with Crippen LogP contribution in [0.15, 0.2) is 42.5 Å². The van der Waals surface area contributed by atoms with Gasteiger partial charge in [-0.25, -0.2) is 4.39 Å². The highest BCUT2D eigenvalue weighted by atomic mass is 19.4. The second-order valence-corrected chi connectivity index (χ2v) is 11.1. The SMILES string of the molecule is C[C@@H](OC1CCC(N(C)CC(=O)NC(C)(C)C)C1c1ccc(F)cc1)c1cc(C(F)(F)F)cc(C(F)(F)F)c1. The number of nitrogens with zero attached hydrogens (tertiary/aromatic N) is 1. The lowest BCUT2D eigenvalue weighted by molar-refractivity contribution is -0.143. The topological polar surface area (TPSA) is 41.6 Å². The van der Waals surface area contributed by atoms with E-state index in [1.165, 1.54) is 19.1 Å². The Morgan fingerprint density at radius 3 is 2.00 bits per heavy atom. The van der Waals surface area contributed by atoms with E-state index >= 15 is 0 Å². The van der Waals surface area contributed by atoms with Crippen LogP contribution >= 0.6 is 0 Å². The number of alkyl halides is 6. The van der Waals surface area contributed by atoms with Crippen LogP contribution in [0.25, 0.3) is 0 Å². The standard InChI is InChI=1S/C28H33F7N2O2/c1-16(18-12-19(27(30,31)32)14-20(13-18)28(33,34)35)39-23-11-10-22(25(23)17-6-8-21(29)9-7-17)37(5)15-24(38)36-26(2,3)4/h6-9,12-14,16,22-23,25H,10-11,15H2,1-5H3,(H,36,38)/t16-,22?,23?,25?/m1/s1. The van der Waals surface area contributed by atoms with Crippen LogP contribution in [0, 0.1) is 5.82 Å². The summed E-state index contributed by atoms with van der Waals surface area (Å²) in [6.45, 7) is 7.02. The molecule has 216 valence electrons. The van der Waals surface area contributed by atoms with Crippen LogP contribution in [0.2, 0.25) is 0 Å². The molecule has 1 aliphatic rings. The number of likely N-dealkylation sites (N-methyl/N-ethyl adjacent to an activating group) is 1. The zero-order valence-corrected chi connectivity index (χ0v) is 22.4. The third-order valence-electron chi connectivity index (χ3n) is 6.75. The van der Waals surface area contributed by atoms with Crippen molar-refractivity contribution in [3.05, 3.63) is 70.5 Å². The smallest absolute Gasteiger partial charge is 0.370 e. The van der Waals surface area contributed by atoms with Crippen molar-refractivity contribution in [3.8, 4) is 0 Å². The number of hydrogen-bond acceptors (Lipinski definition) is 3. The molecule has 0 aliphatic heterocycles. The molecule has 0 spiro atoms. The van der Waals surface area contributed by atoms with Crippen LogP contribution in [0.3, 0.4) is 0 Å². The van der Waals surface area contributed by atoms with Gasteiger partial charge < -0.3 is 10.1 Å². The normalized spacial score (nSPS) is 21.3. The van der Waals surface area contributed by atoms with Gasteiger partial charge >= 0.3 is 12.4 Å². The molecule has 0 aromatic heterocycles. The maximum Gasteiger partial charge on any atom is 0.416 e. The molecular formula is C28H33F7N2O2. The molecule has 3 unspecified atom stereocenters. The second kappa shape index (κ2) is 11.4. The summed E-state index contributed by atoms with van der Waals surface area (Å²) >= 11 is 0. The zero-order chi connectivity index (χ0) is 29.3. The Labute approximate surface area is 223 Å². The average Bonchev–Trinajstić information content (AvgIpc) is 3.20. The average molecular weight is 563 g/mol. The van der Waals surface area contributed by atoms with E-state index in [0.29, 0.717) is 30.5 Å². The van der Waals surface area contributed by atoms with Gasteiger partial charge in [0, 0.05) is 17.5 Å². The molecule has 4 atom stereocenters. The third-order valence-corrected chi connectivity index (χ3v) is 6.75. The van der Waals surface area contributed by atoms with E-state index in [9.17, 15) is 35.5 Å². The van der Waals surface area contributed by atoms with E-state index in [2.05, 4.69) is 5.32 Å². The zero-order valence-electron chi connectivity index (χ0n) is 22.4. The number of benzene rings is 2. The molecule has 1 saturated carbocycles. The molecule has 1 aliphatic carbocycles. The van der Waals surface area contributed by atoms with Gasteiger partial charge in [0.15, 0.2) is 0 Å². The van der Waals surface area contributed by atoms with Crippen molar-refractivity contribution in [2.75, 3.05) is 13.6 Å². The quantitative estimate of drug-likeness (QED) is 0.366. The number of carbonyl (C=O) groups excluding carboxylic acids is 1. The predicted molar refractivity (Wildman–Crippen MR) is 132 cm³/mol. The van der Waals surface area contributed by atoms with Crippen molar-refractivity contribution < 1.29 is 40.3 Å². The molecule has 0 radical (unpaired) electrons. The summed E-state index contributed by atoms with van der Waals surface area (Å²) in [4.78, 5) is 14.4. The first-order valence-corrected chi connectivity index (χ1v) is 12.6. The Morgan fingerprint density at radius 1 is 0.974 bits per heavy atom. The summed E-state index contributed by atoms with van der Waals surface area (Å²) in [7, 11) is 1.76. The minimum absolute atomic E-state index is 0.0600. The molecule has 4 nitrogen and oxygen atoms in total. The fourth-order valence-corrected chi connectivity index (χ4v) is 5.07. The van der Waals surface area contributed by atoms with Gasteiger partial charge in [0.1, 0.15) is 5.82 Å². The van der Waals surface area contributed by atoms with Gasteiger partial charge in [-0.05, 0) is 89.0 Å². The van der Waals surface area contributed by atoms with Gasteiger partial charge in [-0.1, -0.05) is 12.1 Å². The van der Waals surface area contributed by atoms with Gasteiger partial charge in [0.25, 0.3) is 0 Å². The van der Waals surface area contributed by atoms with Crippen molar-refractivity contribution in [2.24, 2.45) is 0 Å². The van der Waals surface area contributed by atoms with Crippen molar-refractivity contribution in [3.63, 3.8) is 0 Å². The van der Waals surface area contributed by atoms with Gasteiger partial charge in [-0.15, -0.1) is 0 Å². The van der Waals surface area contributed by atoms with E-state index < -0.39 is 53.0 Å². The molecular weight excluding hydrogens is 529 g/mol. The maximum absolute atomic E-state index is 13.7. The fraction of sp³-hybridized carbons (Fsp3) is 0.536. The lowest BCUT2D eigenvalue weighted by Crippen LogP contribution is -2.48. The van der Waals surface area contributed by atoms with Crippen molar-refractivity contribution >= 4 is 5.91 Å². The van der Waals surface area contributed by atoms with E-state index in [1.807, 2.05) is 25.7 Å². The number of halogens is 7. The first-order valence-electron chi connectivity index (χ1n) is 12.6. The van der Waals surface area contributed by atoms with Crippen LogP contribution in [-0.2, 0) is 21.9 Å². The van der Waals surface area contributed by atoms with Crippen LogP contribution in [0.1, 0.15) is 74.8 Å². The summed E-state index contributed by atoms with van der Waals surface area (Å²) in [6.07, 6.45) is -10.7. The largest absolute Gasteiger partial charge is 0.416 e. The van der Waals surface area contributed by atoms with Crippen LogP contribution in [0.5, 0.6) is 0 Å². The summed E-state index contributed by atoms with van der Waals surface area (Å²) in [5.74, 6) is -1.07. The molecule has 0 saturated heterocycles. The van der Waals surface area contributed by atoms with E-state index in [4.69, 9.17) is 4.74 Å². The van der Waals surface area contributed by atoms with Crippen molar-refractivity contribution in [2.45, 2.75) is 82.6 Å². The van der Waals surface area contributed by atoms with Crippen LogP contribution < -0.4 is 5.32 Å². The lowest BCUT2D eigenvalue weighted by atomic mass is 9.91. The van der Waals surface area contributed by atoms with Gasteiger partial charge in [0.2, 0.25) is 5.91 Å². The van der Waals surface area contributed by atoms with Crippen LogP contribution in [0.4, 0.5) is 30.7 Å². The highest BCUT2D eigenvalue weighted by Gasteiger charge is 2.42. The molecule has 1 fully saturated rings. The molecule has 0 heterocycles. The monoisotopic (exact) mass is 562 g/mol. The predicted octanol–water partition coefficient (Wildman–Crippen LogP) is 7.10. The summed E-state index contributed by atoms with van der Waals surface area (Å²) in [5, 5.41) is 2.89. The van der Waals surface area contributed by atoms with E-state index in [1.54, 1.807) is 19.2 Å². The molecule has 3 rings (SSSR count). The number of nitrogens with one attached hydrogen (secondary N) is 1. The summed E-state index contributed by atoms with van der Waals surface area (Å²) in [6, 6.07) is 6.89. The summed E-state index contributed by atoms with van der Waals surface area (Å²) in [5.41, 5.74) is -2.82. The molecule has 1 amide bonds. The molecule has 39 heavy (non-hydrogen) atoms. The highest BCUT2D eigenvalue weighted by molar-refractivity contribution is 5.78. The van der Waals surface area contributed by atoms with Gasteiger partial charge in [0.05, 0.1) is 29.9 Å². The Morgan fingerprint density at radius 2 is 1.51 bits per heavy atom. The first kappa shape index (κ1) is 30.9. The van der Waals surface area contributed by atoms with Crippen LogP contribution in [-0.4, -0.2) is 42.1 Å².